The molecule has 0 aliphatic carbocycles. The number of ether oxygens (including phenoxy) is 1. The van der Waals surface area contributed by atoms with Crippen molar-refractivity contribution in [2.45, 2.75) is 6.92 Å². The van der Waals surface area contributed by atoms with Crippen LogP contribution in [0.25, 0.3) is 6.08 Å². The first-order valence-electron chi connectivity index (χ1n) is 6.32. The minimum atomic E-state index is -0.402. The van der Waals surface area contributed by atoms with Crippen molar-refractivity contribution < 1.29 is 14.3 Å². The van der Waals surface area contributed by atoms with Crippen LogP contribution < -0.4 is 4.74 Å². The molecule has 0 radical (unpaired) electrons. The Bertz CT molecular complexity index is 690. The van der Waals surface area contributed by atoms with Crippen LogP contribution in [-0.2, 0) is 4.79 Å². The average molecular weight is 345 g/mol. The van der Waals surface area contributed by atoms with Crippen molar-refractivity contribution in [1.29, 1.82) is 0 Å². The van der Waals surface area contributed by atoms with Crippen LogP contribution in [0.15, 0.2) is 59.1 Å². The van der Waals surface area contributed by atoms with Crippen LogP contribution in [0.3, 0.4) is 0 Å². The number of benzene rings is 2. The summed E-state index contributed by atoms with van der Waals surface area (Å²) in [7, 11) is 0. The summed E-state index contributed by atoms with van der Waals surface area (Å²) < 4.78 is 5.51. The first kappa shape index (κ1) is 15.2. The predicted molar refractivity (Wildman–Crippen MR) is 85.4 cm³/mol. The number of carbonyl (C=O) groups excluding carboxylic acids is 2. The summed E-state index contributed by atoms with van der Waals surface area (Å²) in [5.41, 5.74) is 1.24. The van der Waals surface area contributed by atoms with Crippen molar-refractivity contribution >= 4 is 33.8 Å². The van der Waals surface area contributed by atoms with Gasteiger partial charge < -0.3 is 4.74 Å². The van der Waals surface area contributed by atoms with E-state index in [0.717, 1.165) is 0 Å². The number of para-hydroxylation sites is 1. The van der Waals surface area contributed by atoms with Crippen LogP contribution in [0, 0.1) is 0 Å². The molecule has 0 saturated carbocycles. The highest BCUT2D eigenvalue weighted by molar-refractivity contribution is 9.12. The molecule has 0 heterocycles. The van der Waals surface area contributed by atoms with Gasteiger partial charge in [-0.15, -0.1) is 0 Å². The van der Waals surface area contributed by atoms with E-state index >= 15 is 0 Å². The fraction of sp³-hybridized carbons (Fsp3) is 0.0588. The molecule has 106 valence electrons. The van der Waals surface area contributed by atoms with Crippen molar-refractivity contribution in [3.8, 4) is 5.75 Å². The zero-order valence-corrected chi connectivity index (χ0v) is 13.0. The maximum atomic E-state index is 12.3. The molecule has 2 aromatic rings. The van der Waals surface area contributed by atoms with Crippen LogP contribution in [0.5, 0.6) is 5.75 Å². The molecular weight excluding hydrogens is 332 g/mol. The van der Waals surface area contributed by atoms with E-state index in [2.05, 4.69) is 15.9 Å². The maximum Gasteiger partial charge on any atom is 0.308 e. The van der Waals surface area contributed by atoms with Crippen molar-refractivity contribution in [3.05, 3.63) is 70.2 Å². The molecule has 0 N–H and O–H groups in total. The van der Waals surface area contributed by atoms with E-state index in [1.165, 1.54) is 6.92 Å². The van der Waals surface area contributed by atoms with Crippen LogP contribution in [0.1, 0.15) is 22.8 Å². The quantitative estimate of drug-likeness (QED) is 0.360. The summed E-state index contributed by atoms with van der Waals surface area (Å²) in [6, 6.07) is 16.0. The highest BCUT2D eigenvalue weighted by Gasteiger charge is 2.11. The summed E-state index contributed by atoms with van der Waals surface area (Å²) in [6.07, 6.45) is 1.65. The Morgan fingerprint density at radius 1 is 1.00 bits per heavy atom. The molecule has 2 rings (SSSR count). The Labute approximate surface area is 131 Å². The van der Waals surface area contributed by atoms with Crippen molar-refractivity contribution in [1.82, 2.24) is 0 Å². The second kappa shape index (κ2) is 6.99. The number of halogens is 1. The first-order valence-corrected chi connectivity index (χ1v) is 7.11. The van der Waals surface area contributed by atoms with E-state index in [9.17, 15) is 9.59 Å². The Hall–Kier alpha value is -2.20. The third-order valence-corrected chi connectivity index (χ3v) is 3.30. The molecule has 0 amide bonds. The SMILES string of the molecule is CC(=O)Oc1ccccc1/C=C(/Br)C(=O)c1ccccc1. The van der Waals surface area contributed by atoms with Gasteiger partial charge in [0.05, 0.1) is 4.48 Å². The van der Waals surface area contributed by atoms with Gasteiger partial charge in [0.25, 0.3) is 0 Å². The summed E-state index contributed by atoms with van der Waals surface area (Å²) in [4.78, 5) is 23.3. The molecule has 2 aromatic carbocycles. The van der Waals surface area contributed by atoms with E-state index < -0.39 is 5.97 Å². The molecule has 3 nitrogen and oxygen atoms in total. The zero-order chi connectivity index (χ0) is 15.2. The van der Waals surface area contributed by atoms with E-state index in [4.69, 9.17) is 4.74 Å². The number of esters is 1. The van der Waals surface area contributed by atoms with Gasteiger partial charge in [0.15, 0.2) is 5.78 Å². The van der Waals surface area contributed by atoms with Crippen LogP contribution >= 0.6 is 15.9 Å². The van der Waals surface area contributed by atoms with Gasteiger partial charge in [0.1, 0.15) is 5.75 Å². The Morgan fingerprint density at radius 2 is 1.62 bits per heavy atom. The van der Waals surface area contributed by atoms with Crippen LogP contribution in [-0.4, -0.2) is 11.8 Å². The lowest BCUT2D eigenvalue weighted by molar-refractivity contribution is -0.131. The molecule has 0 atom stereocenters. The summed E-state index contributed by atoms with van der Waals surface area (Å²) in [5.74, 6) is -0.114. The summed E-state index contributed by atoms with van der Waals surface area (Å²) >= 11 is 3.29. The third-order valence-electron chi connectivity index (χ3n) is 2.71. The smallest absolute Gasteiger partial charge is 0.308 e. The molecule has 0 aliphatic rings. The van der Waals surface area contributed by atoms with Gasteiger partial charge in [-0.25, -0.2) is 0 Å². The molecule has 0 spiro atoms. The molecule has 4 heteroatoms. The second-order valence-electron chi connectivity index (χ2n) is 4.32. The molecule has 0 aromatic heterocycles. The number of hydrogen-bond donors (Lipinski definition) is 0. The van der Waals surface area contributed by atoms with Gasteiger partial charge >= 0.3 is 5.97 Å². The zero-order valence-electron chi connectivity index (χ0n) is 11.4. The van der Waals surface area contributed by atoms with Crippen molar-refractivity contribution in [2.24, 2.45) is 0 Å². The van der Waals surface area contributed by atoms with E-state index in [1.807, 2.05) is 12.1 Å². The lowest BCUT2D eigenvalue weighted by Crippen LogP contribution is -2.03. The van der Waals surface area contributed by atoms with Gasteiger partial charge in [-0.3, -0.25) is 9.59 Å². The van der Waals surface area contributed by atoms with Gasteiger partial charge in [0.2, 0.25) is 0 Å². The lowest BCUT2D eigenvalue weighted by atomic mass is 10.1. The number of hydrogen-bond acceptors (Lipinski definition) is 3. The number of ketones is 1. The van der Waals surface area contributed by atoms with Crippen molar-refractivity contribution in [3.63, 3.8) is 0 Å². The van der Waals surface area contributed by atoms with Crippen LogP contribution in [0.2, 0.25) is 0 Å². The van der Waals surface area contributed by atoms with Gasteiger partial charge in [0, 0.05) is 18.1 Å². The average Bonchev–Trinajstić information content (AvgIpc) is 2.49. The van der Waals surface area contributed by atoms with Gasteiger partial charge in [-0.2, -0.15) is 0 Å². The molecule has 21 heavy (non-hydrogen) atoms. The number of carbonyl (C=O) groups is 2. The number of Topliss-reactive ketones (excluding diaryl/α,β-unsaturated/α-hetero) is 1. The maximum absolute atomic E-state index is 12.3. The lowest BCUT2D eigenvalue weighted by Gasteiger charge is -2.06. The number of allylic oxidation sites excluding steroid dienone is 1. The molecule has 0 unspecified atom stereocenters. The highest BCUT2D eigenvalue weighted by Crippen LogP contribution is 2.24. The molecule has 0 fully saturated rings. The normalized spacial score (nSPS) is 11.0. The van der Waals surface area contributed by atoms with Gasteiger partial charge in [-0.05, 0) is 28.1 Å². The Morgan fingerprint density at radius 3 is 2.29 bits per heavy atom. The standard InChI is InChI=1S/C17H13BrO3/c1-12(19)21-16-10-6-5-9-14(16)11-15(18)17(20)13-7-3-2-4-8-13/h2-11H,1H3/b15-11+. The molecule has 0 bridgehead atoms. The molecule has 0 aliphatic heterocycles. The second-order valence-corrected chi connectivity index (χ2v) is 5.17. The Balaban J connectivity index is 2.31. The van der Waals surface area contributed by atoms with Crippen LogP contribution in [0.4, 0.5) is 0 Å². The number of rotatable bonds is 4. The minimum Gasteiger partial charge on any atom is -0.426 e. The largest absolute Gasteiger partial charge is 0.426 e. The van der Waals surface area contributed by atoms with E-state index in [1.54, 1.807) is 48.5 Å². The first-order chi connectivity index (χ1) is 10.1. The highest BCUT2D eigenvalue weighted by atomic mass is 79.9. The Kier molecular flexibility index (Phi) is 5.06. The predicted octanol–water partition coefficient (Wildman–Crippen LogP) is 4.23. The summed E-state index contributed by atoms with van der Waals surface area (Å²) in [5, 5.41) is 0. The van der Waals surface area contributed by atoms with Crippen molar-refractivity contribution in [2.75, 3.05) is 0 Å². The van der Waals surface area contributed by atoms with Gasteiger partial charge in [-0.1, -0.05) is 48.5 Å². The van der Waals surface area contributed by atoms with E-state index in [0.29, 0.717) is 21.4 Å². The molecular formula is C17H13BrO3. The fourth-order valence-electron chi connectivity index (χ4n) is 1.78. The fourth-order valence-corrected chi connectivity index (χ4v) is 2.25. The molecule has 0 saturated heterocycles. The van der Waals surface area contributed by atoms with E-state index in [-0.39, 0.29) is 5.78 Å². The topological polar surface area (TPSA) is 43.4 Å². The summed E-state index contributed by atoms with van der Waals surface area (Å²) in [6.45, 7) is 1.34. The monoisotopic (exact) mass is 344 g/mol. The minimum absolute atomic E-state index is 0.131. The third kappa shape index (κ3) is 4.13.